The van der Waals surface area contributed by atoms with Crippen molar-refractivity contribution < 1.29 is 14.7 Å². The molecule has 0 saturated heterocycles. The quantitative estimate of drug-likeness (QED) is 0.362. The van der Waals surface area contributed by atoms with Gasteiger partial charge in [0, 0.05) is 23.5 Å². The number of hydrogen-bond acceptors (Lipinski definition) is 6. The highest BCUT2D eigenvalue weighted by Gasteiger charge is 2.22. The van der Waals surface area contributed by atoms with E-state index in [1.54, 1.807) is 10.9 Å². The summed E-state index contributed by atoms with van der Waals surface area (Å²) < 4.78 is 1.55. The molecule has 0 aliphatic heterocycles. The number of aromatic amines is 1. The number of amides is 1. The van der Waals surface area contributed by atoms with Gasteiger partial charge in [-0.2, -0.15) is 4.68 Å². The predicted molar refractivity (Wildman–Crippen MR) is 116 cm³/mol. The summed E-state index contributed by atoms with van der Waals surface area (Å²) in [5, 5.41) is 25.2. The van der Waals surface area contributed by atoms with Crippen LogP contribution >= 0.6 is 11.8 Å². The van der Waals surface area contributed by atoms with Crippen LogP contribution in [0.5, 0.6) is 0 Å². The van der Waals surface area contributed by atoms with Crippen molar-refractivity contribution in [2.24, 2.45) is 0 Å². The van der Waals surface area contributed by atoms with Crippen LogP contribution in [0.2, 0.25) is 0 Å². The van der Waals surface area contributed by atoms with E-state index in [1.807, 2.05) is 55.5 Å². The van der Waals surface area contributed by atoms with Crippen molar-refractivity contribution in [1.82, 2.24) is 30.5 Å². The fraction of sp³-hybridized carbons (Fsp3) is 0.190. The number of hydrogen-bond donors (Lipinski definition) is 3. The van der Waals surface area contributed by atoms with Crippen LogP contribution in [0.25, 0.3) is 16.6 Å². The molecule has 2 heterocycles. The Morgan fingerprint density at radius 1 is 1.23 bits per heavy atom. The molecule has 0 spiro atoms. The minimum atomic E-state index is -1.09. The zero-order chi connectivity index (χ0) is 21.8. The summed E-state index contributed by atoms with van der Waals surface area (Å²) in [6.45, 7) is 1.97. The molecule has 0 saturated carbocycles. The number of aryl methyl sites for hydroxylation is 1. The van der Waals surface area contributed by atoms with Gasteiger partial charge >= 0.3 is 5.97 Å². The molecule has 0 aliphatic rings. The first-order valence-electron chi connectivity index (χ1n) is 9.56. The number of H-pyrrole nitrogens is 1. The fourth-order valence-corrected chi connectivity index (χ4v) is 3.98. The lowest BCUT2D eigenvalue weighted by molar-refractivity contribution is -0.141. The SMILES string of the molecule is Cc1cccc(-n2nnnc2SCC(=O)N[C@@H](Cc2c[nH]c3ccccc23)C(=O)O)c1. The number of tetrazole rings is 1. The molecule has 158 valence electrons. The van der Waals surface area contributed by atoms with E-state index in [1.165, 1.54) is 0 Å². The molecule has 10 heteroatoms. The van der Waals surface area contributed by atoms with E-state index in [0.717, 1.165) is 39.5 Å². The van der Waals surface area contributed by atoms with Crippen LogP contribution in [0, 0.1) is 6.92 Å². The molecule has 0 aliphatic carbocycles. The van der Waals surface area contributed by atoms with Crippen LogP contribution in [0.4, 0.5) is 0 Å². The summed E-state index contributed by atoms with van der Waals surface area (Å²) in [6, 6.07) is 14.3. The molecule has 0 unspecified atom stereocenters. The van der Waals surface area contributed by atoms with Gasteiger partial charge in [-0.1, -0.05) is 42.1 Å². The zero-order valence-electron chi connectivity index (χ0n) is 16.6. The van der Waals surface area contributed by atoms with Crippen molar-refractivity contribution in [3.63, 3.8) is 0 Å². The second kappa shape index (κ2) is 9.00. The number of carboxylic acid groups (broad SMARTS) is 1. The lowest BCUT2D eigenvalue weighted by atomic mass is 10.1. The first-order chi connectivity index (χ1) is 15.0. The zero-order valence-corrected chi connectivity index (χ0v) is 17.5. The van der Waals surface area contributed by atoms with Crippen LogP contribution in [-0.2, 0) is 16.0 Å². The number of carbonyl (C=O) groups excluding carboxylic acids is 1. The molecule has 9 nitrogen and oxygen atoms in total. The third kappa shape index (κ3) is 4.75. The number of nitrogens with zero attached hydrogens (tertiary/aromatic N) is 4. The van der Waals surface area contributed by atoms with Crippen molar-refractivity contribution in [2.75, 3.05) is 5.75 Å². The Labute approximate surface area is 181 Å². The van der Waals surface area contributed by atoms with Gasteiger partial charge in [-0.25, -0.2) is 4.79 Å². The number of carboxylic acids is 1. The molecule has 1 amide bonds. The summed E-state index contributed by atoms with van der Waals surface area (Å²) in [6.07, 6.45) is 1.95. The number of fused-ring (bicyclic) bond motifs is 1. The molecule has 4 aromatic rings. The summed E-state index contributed by atoms with van der Waals surface area (Å²) in [4.78, 5) is 27.3. The molecule has 2 aromatic carbocycles. The van der Waals surface area contributed by atoms with Gasteiger partial charge in [0.1, 0.15) is 6.04 Å². The van der Waals surface area contributed by atoms with Crippen molar-refractivity contribution >= 4 is 34.5 Å². The Balaban J connectivity index is 1.41. The van der Waals surface area contributed by atoms with E-state index >= 15 is 0 Å². The Morgan fingerprint density at radius 3 is 2.87 bits per heavy atom. The van der Waals surface area contributed by atoms with Crippen molar-refractivity contribution in [1.29, 1.82) is 0 Å². The Hall–Kier alpha value is -3.66. The molecule has 0 bridgehead atoms. The standard InChI is InChI=1S/C21H20N6O3S/c1-13-5-4-6-15(9-13)27-21(24-25-26-27)31-12-19(28)23-18(20(29)30)10-14-11-22-17-8-3-2-7-16(14)17/h2-9,11,18,22H,10,12H2,1H3,(H,23,28)(H,29,30)/t18-/m0/s1. The summed E-state index contributed by atoms with van der Waals surface area (Å²) in [5.74, 6) is -1.51. The number of aliphatic carboxylic acids is 1. The normalized spacial score (nSPS) is 12.0. The Bertz CT molecular complexity index is 1230. The minimum absolute atomic E-state index is 0.0101. The smallest absolute Gasteiger partial charge is 0.326 e. The van der Waals surface area contributed by atoms with Crippen molar-refractivity contribution in [3.05, 3.63) is 65.9 Å². The van der Waals surface area contributed by atoms with Crippen molar-refractivity contribution in [2.45, 2.75) is 24.5 Å². The lowest BCUT2D eigenvalue weighted by Gasteiger charge is -2.14. The average molecular weight is 436 g/mol. The van der Waals surface area contributed by atoms with Gasteiger partial charge in [0.2, 0.25) is 11.1 Å². The maximum atomic E-state index is 12.5. The fourth-order valence-electron chi connectivity index (χ4n) is 3.28. The highest BCUT2D eigenvalue weighted by molar-refractivity contribution is 7.99. The second-order valence-electron chi connectivity index (χ2n) is 7.02. The van der Waals surface area contributed by atoms with Gasteiger partial charge < -0.3 is 15.4 Å². The molecule has 2 aromatic heterocycles. The third-order valence-electron chi connectivity index (χ3n) is 4.75. The molecule has 0 fully saturated rings. The molecular formula is C21H20N6O3S. The highest BCUT2D eigenvalue weighted by atomic mass is 32.2. The molecule has 1 atom stereocenters. The summed E-state index contributed by atoms with van der Waals surface area (Å²) in [5.41, 5.74) is 3.60. The Kier molecular flexibility index (Phi) is 5.99. The minimum Gasteiger partial charge on any atom is -0.480 e. The number of nitrogens with one attached hydrogen (secondary N) is 2. The monoisotopic (exact) mass is 436 g/mol. The van der Waals surface area contributed by atoms with Crippen LogP contribution in [0.3, 0.4) is 0 Å². The number of rotatable bonds is 8. The molecule has 31 heavy (non-hydrogen) atoms. The predicted octanol–water partition coefficient (Wildman–Crippen LogP) is 2.36. The van der Waals surface area contributed by atoms with Crippen LogP contribution < -0.4 is 5.32 Å². The largest absolute Gasteiger partial charge is 0.480 e. The first-order valence-corrected chi connectivity index (χ1v) is 10.5. The van der Waals surface area contributed by atoms with E-state index in [9.17, 15) is 14.7 Å². The molecule has 4 rings (SSSR count). The summed E-state index contributed by atoms with van der Waals surface area (Å²) in [7, 11) is 0. The number of benzene rings is 2. The van der Waals surface area contributed by atoms with E-state index in [-0.39, 0.29) is 12.2 Å². The van der Waals surface area contributed by atoms with Crippen LogP contribution in [0.15, 0.2) is 59.9 Å². The number of para-hydroxylation sites is 1. The van der Waals surface area contributed by atoms with Gasteiger partial charge in [0.05, 0.1) is 11.4 Å². The van der Waals surface area contributed by atoms with Crippen LogP contribution in [-0.4, -0.2) is 54.0 Å². The highest BCUT2D eigenvalue weighted by Crippen LogP contribution is 2.20. The molecule has 3 N–H and O–H groups in total. The van der Waals surface area contributed by atoms with Gasteiger partial charge in [0.25, 0.3) is 0 Å². The number of thioether (sulfide) groups is 1. The first kappa shape index (κ1) is 20.6. The van der Waals surface area contributed by atoms with E-state index in [2.05, 4.69) is 25.8 Å². The number of carbonyl (C=O) groups is 2. The number of aromatic nitrogens is 5. The van der Waals surface area contributed by atoms with E-state index < -0.39 is 17.9 Å². The molecule has 0 radical (unpaired) electrons. The molecular weight excluding hydrogens is 416 g/mol. The van der Waals surface area contributed by atoms with E-state index in [4.69, 9.17) is 0 Å². The lowest BCUT2D eigenvalue weighted by Crippen LogP contribution is -2.43. The Morgan fingerprint density at radius 2 is 2.06 bits per heavy atom. The third-order valence-corrected chi connectivity index (χ3v) is 5.67. The van der Waals surface area contributed by atoms with Gasteiger partial charge in [-0.15, -0.1) is 5.10 Å². The summed E-state index contributed by atoms with van der Waals surface area (Å²) >= 11 is 1.14. The van der Waals surface area contributed by atoms with Crippen LogP contribution in [0.1, 0.15) is 11.1 Å². The second-order valence-corrected chi connectivity index (χ2v) is 7.97. The average Bonchev–Trinajstić information content (AvgIpc) is 3.39. The van der Waals surface area contributed by atoms with Gasteiger partial charge in [-0.3, -0.25) is 4.79 Å². The topological polar surface area (TPSA) is 126 Å². The van der Waals surface area contributed by atoms with Crippen molar-refractivity contribution in [3.8, 4) is 5.69 Å². The van der Waals surface area contributed by atoms with Gasteiger partial charge in [0.15, 0.2) is 0 Å². The van der Waals surface area contributed by atoms with E-state index in [0.29, 0.717) is 5.16 Å². The maximum Gasteiger partial charge on any atom is 0.326 e. The van der Waals surface area contributed by atoms with Gasteiger partial charge in [-0.05, 0) is 46.7 Å². The maximum absolute atomic E-state index is 12.5.